The van der Waals surface area contributed by atoms with Crippen LogP contribution in [0.3, 0.4) is 0 Å². The summed E-state index contributed by atoms with van der Waals surface area (Å²) in [7, 11) is 6.47. The maximum absolute atomic E-state index is 13.9. The summed E-state index contributed by atoms with van der Waals surface area (Å²) in [4.78, 5) is 38.1. The second kappa shape index (κ2) is 15.4. The van der Waals surface area contributed by atoms with Crippen LogP contribution in [0.15, 0.2) is 66.7 Å². The number of methoxy groups -OCH3 is 3. The molecule has 1 unspecified atom stereocenters. The Labute approximate surface area is 294 Å². The Morgan fingerprint density at radius 3 is 2.24 bits per heavy atom. The molecule has 0 bridgehead atoms. The molecule has 2 aliphatic rings. The van der Waals surface area contributed by atoms with Gasteiger partial charge >= 0.3 is 0 Å². The molecule has 0 spiro atoms. The van der Waals surface area contributed by atoms with Gasteiger partial charge in [0.05, 0.1) is 32.4 Å². The zero-order valence-electron chi connectivity index (χ0n) is 29.1. The van der Waals surface area contributed by atoms with Crippen molar-refractivity contribution >= 4 is 41.2 Å². The van der Waals surface area contributed by atoms with Crippen molar-refractivity contribution in [3.05, 3.63) is 77.9 Å². The lowest BCUT2D eigenvalue weighted by molar-refractivity contribution is -0.117. The minimum Gasteiger partial charge on any atom is -0.493 e. The number of benzene rings is 3. The van der Waals surface area contributed by atoms with E-state index in [4.69, 9.17) is 19.2 Å². The normalized spacial score (nSPS) is 18.1. The molecule has 11 nitrogen and oxygen atoms in total. The molecule has 3 heterocycles. The summed E-state index contributed by atoms with van der Waals surface area (Å²) >= 11 is 0. The molecule has 2 saturated heterocycles. The minimum absolute atomic E-state index is 0. The molecule has 0 N–H and O–H groups in total. The van der Waals surface area contributed by atoms with Crippen LogP contribution in [0.5, 0.6) is 17.2 Å². The van der Waals surface area contributed by atoms with Gasteiger partial charge in [-0.2, -0.15) is 0 Å². The monoisotopic (exact) mass is 690 g/mol. The second-order valence-electron chi connectivity index (χ2n) is 12.7. The van der Waals surface area contributed by atoms with Gasteiger partial charge in [0.25, 0.3) is 5.91 Å². The average molecular weight is 691 g/mol. The van der Waals surface area contributed by atoms with Crippen molar-refractivity contribution in [2.45, 2.75) is 31.6 Å². The molecule has 0 aliphatic carbocycles. The Hall–Kier alpha value is -4.48. The van der Waals surface area contributed by atoms with E-state index in [2.05, 4.69) is 34.1 Å². The van der Waals surface area contributed by atoms with Crippen LogP contribution in [0.4, 0.5) is 5.95 Å². The van der Waals surface area contributed by atoms with Gasteiger partial charge < -0.3 is 28.9 Å². The molecule has 0 saturated carbocycles. The van der Waals surface area contributed by atoms with Crippen molar-refractivity contribution in [1.82, 2.24) is 19.5 Å². The predicted octanol–water partition coefficient (Wildman–Crippen LogP) is 4.98. The van der Waals surface area contributed by atoms with Gasteiger partial charge in [-0.1, -0.05) is 42.5 Å². The molecule has 0 radical (unpaired) electrons. The highest BCUT2D eigenvalue weighted by Crippen LogP contribution is 2.41. The summed E-state index contributed by atoms with van der Waals surface area (Å²) < 4.78 is 18.5. The van der Waals surface area contributed by atoms with E-state index in [1.165, 1.54) is 5.56 Å². The third-order valence-corrected chi connectivity index (χ3v) is 9.99. The molecule has 2 aliphatic heterocycles. The van der Waals surface area contributed by atoms with Crippen LogP contribution < -0.4 is 24.1 Å². The lowest BCUT2D eigenvalue weighted by Gasteiger charge is -2.33. The fourth-order valence-electron chi connectivity index (χ4n) is 7.22. The zero-order valence-corrected chi connectivity index (χ0v) is 29.9. The maximum atomic E-state index is 13.9. The van der Waals surface area contributed by atoms with E-state index in [0.29, 0.717) is 35.9 Å². The number of hydrogen-bond acceptors (Lipinski definition) is 8. The summed E-state index contributed by atoms with van der Waals surface area (Å²) in [6, 6.07) is 22.1. The Morgan fingerprint density at radius 1 is 0.878 bits per heavy atom. The number of para-hydroxylation sites is 2. The van der Waals surface area contributed by atoms with Gasteiger partial charge in [-0.25, -0.2) is 14.7 Å². The first kappa shape index (κ1) is 35.8. The maximum Gasteiger partial charge on any atom is 0.254 e. The van der Waals surface area contributed by atoms with Crippen LogP contribution in [0.1, 0.15) is 42.1 Å². The third-order valence-electron chi connectivity index (χ3n) is 9.99. The van der Waals surface area contributed by atoms with E-state index in [1.54, 1.807) is 52.4 Å². The third kappa shape index (κ3) is 7.14. The van der Waals surface area contributed by atoms with E-state index < -0.39 is 0 Å². The number of amides is 2. The Kier molecular flexibility index (Phi) is 11.2. The molecule has 1 atom stereocenters. The first-order valence-corrected chi connectivity index (χ1v) is 16.6. The topological polar surface area (TPSA) is 92.6 Å². The molecule has 262 valence electrons. The molecule has 49 heavy (non-hydrogen) atoms. The van der Waals surface area contributed by atoms with Crippen molar-refractivity contribution in [1.29, 1.82) is 0 Å². The second-order valence-corrected chi connectivity index (χ2v) is 12.7. The Balaban J connectivity index is 0.00000468. The summed E-state index contributed by atoms with van der Waals surface area (Å²) in [6.07, 6.45) is 2.80. The van der Waals surface area contributed by atoms with Crippen LogP contribution in [0.2, 0.25) is 0 Å². The number of carbonyl (C=O) groups is 2. The number of halogens is 1. The number of ether oxygens (including phenoxy) is 3. The van der Waals surface area contributed by atoms with Crippen LogP contribution in [0.25, 0.3) is 11.0 Å². The van der Waals surface area contributed by atoms with E-state index in [-0.39, 0.29) is 29.6 Å². The van der Waals surface area contributed by atoms with Gasteiger partial charge in [-0.05, 0) is 62.2 Å². The summed E-state index contributed by atoms with van der Waals surface area (Å²) in [6.45, 7) is 7.30. The van der Waals surface area contributed by atoms with Crippen molar-refractivity contribution in [3.63, 3.8) is 0 Å². The van der Waals surface area contributed by atoms with Crippen molar-refractivity contribution < 1.29 is 23.8 Å². The van der Waals surface area contributed by atoms with Gasteiger partial charge in [0.1, 0.15) is 0 Å². The Morgan fingerprint density at radius 2 is 1.57 bits per heavy atom. The van der Waals surface area contributed by atoms with E-state index in [9.17, 15) is 9.59 Å². The number of aromatic nitrogens is 2. The van der Waals surface area contributed by atoms with Crippen LogP contribution in [-0.4, -0.2) is 105 Å². The number of hydrogen-bond donors (Lipinski definition) is 0. The van der Waals surface area contributed by atoms with Gasteiger partial charge in [-0.15, -0.1) is 12.4 Å². The lowest BCUT2D eigenvalue weighted by Crippen LogP contribution is -2.40. The standard InChI is InChI=1S/C37H46N6O5.ClH/c1-27(44)39(2)43-31-15-10-9-14-30(31)38-36(43)41-19-11-18-40(22-23-41)20-16-37(29-12-7-6-8-13-29)17-21-42(26-37)35(45)28-24-32(46-3)34(48-5)33(25-28)47-4;/h6-10,12-15,24-25H,11,16-23,26H2,1-5H3;1H. The highest BCUT2D eigenvalue weighted by atomic mass is 35.5. The number of anilines is 1. The Bertz CT molecular complexity index is 1740. The van der Waals surface area contributed by atoms with Crippen molar-refractivity contribution in [2.75, 3.05) is 84.1 Å². The number of fused-ring (bicyclic) bond motifs is 1. The number of rotatable bonds is 10. The quantitative estimate of drug-likeness (QED) is 0.230. The van der Waals surface area contributed by atoms with Crippen molar-refractivity contribution in [3.8, 4) is 17.2 Å². The smallest absolute Gasteiger partial charge is 0.254 e. The predicted molar refractivity (Wildman–Crippen MR) is 194 cm³/mol. The average Bonchev–Trinajstić information content (AvgIpc) is 3.65. The van der Waals surface area contributed by atoms with Crippen molar-refractivity contribution in [2.24, 2.45) is 0 Å². The molecule has 1 aromatic heterocycles. The highest BCUT2D eigenvalue weighted by Gasteiger charge is 2.42. The largest absolute Gasteiger partial charge is 0.493 e. The molecule has 4 aromatic rings. The molecule has 6 rings (SSSR count). The lowest BCUT2D eigenvalue weighted by atomic mass is 9.76. The molecular formula is C37H47ClN6O5. The summed E-state index contributed by atoms with van der Waals surface area (Å²) in [5.41, 5.74) is 3.41. The molecular weight excluding hydrogens is 644 g/mol. The fraction of sp³-hybridized carbons (Fsp3) is 0.432. The first-order chi connectivity index (χ1) is 23.3. The first-order valence-electron chi connectivity index (χ1n) is 16.6. The molecule has 3 aromatic carbocycles. The van der Waals surface area contributed by atoms with E-state index in [1.807, 2.05) is 39.9 Å². The molecule has 2 fully saturated rings. The zero-order chi connectivity index (χ0) is 33.8. The summed E-state index contributed by atoms with van der Waals surface area (Å²) in [5.74, 6) is 2.11. The number of nitrogens with zero attached hydrogens (tertiary/aromatic N) is 6. The SMILES string of the molecule is COc1cc(C(=O)N2CCC(CCN3CCCN(c4nc5ccccc5n4N(C)C(C)=O)CC3)(c3ccccc3)C2)cc(OC)c1OC.Cl. The molecule has 2 amide bonds. The number of likely N-dealkylation sites (tertiary alicyclic amines) is 1. The highest BCUT2D eigenvalue weighted by molar-refractivity contribution is 5.96. The van der Waals surface area contributed by atoms with Crippen LogP contribution in [-0.2, 0) is 10.2 Å². The minimum atomic E-state index is -0.165. The van der Waals surface area contributed by atoms with E-state index >= 15 is 0 Å². The van der Waals surface area contributed by atoms with Gasteiger partial charge in [0, 0.05) is 57.7 Å². The summed E-state index contributed by atoms with van der Waals surface area (Å²) in [5, 5.41) is 1.64. The van der Waals surface area contributed by atoms with Crippen LogP contribution in [0, 0.1) is 0 Å². The van der Waals surface area contributed by atoms with Crippen LogP contribution >= 0.6 is 12.4 Å². The number of carbonyl (C=O) groups excluding carboxylic acids is 2. The molecule has 12 heteroatoms. The van der Waals surface area contributed by atoms with Gasteiger partial charge in [0.2, 0.25) is 17.6 Å². The number of imidazole rings is 1. The van der Waals surface area contributed by atoms with Gasteiger partial charge in [-0.3, -0.25) is 9.59 Å². The van der Waals surface area contributed by atoms with E-state index in [0.717, 1.165) is 69.0 Å². The van der Waals surface area contributed by atoms with Gasteiger partial charge in [0.15, 0.2) is 11.5 Å². The fourth-order valence-corrected chi connectivity index (χ4v) is 7.22.